The quantitative estimate of drug-likeness (QED) is 0.704. The van der Waals surface area contributed by atoms with Crippen LogP contribution < -0.4 is 0 Å². The first-order chi connectivity index (χ1) is 7.40. The van der Waals surface area contributed by atoms with Crippen molar-refractivity contribution in [2.24, 2.45) is 0 Å². The van der Waals surface area contributed by atoms with Gasteiger partial charge in [0, 0.05) is 6.08 Å². The Morgan fingerprint density at radius 1 is 0.800 bits per heavy atom. The van der Waals surface area contributed by atoms with Crippen molar-refractivity contribution in [2.75, 3.05) is 0 Å². The van der Waals surface area contributed by atoms with Crippen molar-refractivity contribution in [1.29, 1.82) is 5.41 Å². The van der Waals surface area contributed by atoms with Crippen LogP contribution in [0.3, 0.4) is 0 Å². The zero-order chi connectivity index (χ0) is 10.5. The lowest BCUT2D eigenvalue weighted by Crippen LogP contribution is -1.77. The summed E-state index contributed by atoms with van der Waals surface area (Å²) in [6.45, 7) is 0. The molecule has 0 aliphatic rings. The minimum absolute atomic E-state index is 1.00. The van der Waals surface area contributed by atoms with Crippen LogP contribution in [0.1, 0.15) is 5.56 Å². The fourth-order valence-corrected chi connectivity index (χ4v) is 1.49. The highest BCUT2D eigenvalue weighted by molar-refractivity contribution is 5.77. The maximum Gasteiger partial charge on any atom is 0.00624 e. The Bertz CT molecular complexity index is 477. The van der Waals surface area contributed by atoms with E-state index in [1.807, 2.05) is 30.3 Å². The van der Waals surface area contributed by atoms with Crippen LogP contribution in [0.15, 0.2) is 54.6 Å². The van der Waals surface area contributed by atoms with Crippen LogP contribution in [0.4, 0.5) is 0 Å². The van der Waals surface area contributed by atoms with E-state index in [1.54, 1.807) is 6.08 Å². The number of rotatable bonds is 2. The van der Waals surface area contributed by atoms with E-state index in [4.69, 9.17) is 5.41 Å². The molecule has 1 heteroatoms. The lowest BCUT2D eigenvalue weighted by atomic mass is 10.0. The predicted octanol–water partition coefficient (Wildman–Crippen LogP) is 3.62. The molecule has 0 radical (unpaired) electrons. The van der Waals surface area contributed by atoms with Gasteiger partial charge in [-0.05, 0) is 22.6 Å². The second kappa shape index (κ2) is 4.41. The van der Waals surface area contributed by atoms with Crippen molar-refractivity contribution < 1.29 is 0 Å². The maximum atomic E-state index is 6.85. The van der Waals surface area contributed by atoms with Crippen LogP contribution in [-0.2, 0) is 0 Å². The first-order valence-corrected chi connectivity index (χ1v) is 4.81. The van der Waals surface area contributed by atoms with Crippen LogP contribution in [0, 0.1) is 5.41 Å². The number of benzene rings is 2. The van der Waals surface area contributed by atoms with E-state index in [9.17, 15) is 0 Å². The molecule has 0 spiro atoms. The molecule has 0 unspecified atom stereocenters. The third kappa shape index (κ3) is 2.22. The smallest absolute Gasteiger partial charge is 0.00624 e. The largest absolute Gasteiger partial charge is 0.259 e. The topological polar surface area (TPSA) is 23.9 Å². The van der Waals surface area contributed by atoms with E-state index in [2.05, 4.69) is 30.1 Å². The first kappa shape index (κ1) is 9.45. The highest BCUT2D eigenvalue weighted by Crippen LogP contribution is 2.19. The van der Waals surface area contributed by atoms with Gasteiger partial charge >= 0.3 is 0 Å². The van der Waals surface area contributed by atoms with Crippen molar-refractivity contribution >= 4 is 11.9 Å². The van der Waals surface area contributed by atoms with Gasteiger partial charge in [-0.25, -0.2) is 0 Å². The van der Waals surface area contributed by atoms with E-state index in [1.165, 1.54) is 11.1 Å². The van der Waals surface area contributed by atoms with E-state index in [0.29, 0.717) is 0 Å². The molecule has 0 aliphatic heterocycles. The summed E-state index contributed by atoms with van der Waals surface area (Å²) in [5.41, 5.74) is 3.41. The van der Waals surface area contributed by atoms with Gasteiger partial charge in [0.2, 0.25) is 0 Å². The molecular formula is C14H11N. The van der Waals surface area contributed by atoms with E-state index in [-0.39, 0.29) is 0 Å². The zero-order valence-corrected chi connectivity index (χ0v) is 8.27. The molecule has 0 atom stereocenters. The number of nitrogens with one attached hydrogen (secondary N) is 1. The SMILES string of the molecule is N=C=Cc1ccc(-c2ccccc2)cc1. The van der Waals surface area contributed by atoms with E-state index >= 15 is 0 Å². The molecule has 0 aliphatic carbocycles. The molecule has 0 fully saturated rings. The maximum absolute atomic E-state index is 6.85. The third-order valence-electron chi connectivity index (χ3n) is 2.26. The minimum Gasteiger partial charge on any atom is -0.259 e. The van der Waals surface area contributed by atoms with Gasteiger partial charge in [0.25, 0.3) is 0 Å². The number of hydrogen-bond donors (Lipinski definition) is 1. The summed E-state index contributed by atoms with van der Waals surface area (Å²) in [6.07, 6.45) is 1.65. The summed E-state index contributed by atoms with van der Waals surface area (Å²) in [5.74, 6) is 2.27. The van der Waals surface area contributed by atoms with E-state index < -0.39 is 0 Å². The molecule has 0 aromatic heterocycles. The van der Waals surface area contributed by atoms with Gasteiger partial charge in [0.15, 0.2) is 0 Å². The Hall–Kier alpha value is -2.11. The van der Waals surface area contributed by atoms with Gasteiger partial charge in [0.05, 0.1) is 0 Å². The normalized spacial score (nSPS) is 9.33. The molecule has 0 heterocycles. The summed E-state index contributed by atoms with van der Waals surface area (Å²) in [7, 11) is 0. The molecule has 1 nitrogen and oxygen atoms in total. The van der Waals surface area contributed by atoms with Gasteiger partial charge in [-0.1, -0.05) is 54.6 Å². The highest BCUT2D eigenvalue weighted by Gasteiger charge is 1.94. The molecule has 15 heavy (non-hydrogen) atoms. The molecule has 2 aromatic rings. The molecule has 0 amide bonds. The van der Waals surface area contributed by atoms with Gasteiger partial charge < -0.3 is 0 Å². The molecule has 0 saturated heterocycles. The van der Waals surface area contributed by atoms with Crippen molar-refractivity contribution in [1.82, 2.24) is 0 Å². The zero-order valence-electron chi connectivity index (χ0n) is 8.27. The van der Waals surface area contributed by atoms with Gasteiger partial charge in [0.1, 0.15) is 0 Å². The minimum atomic E-state index is 1.00. The van der Waals surface area contributed by atoms with Crippen LogP contribution in [0.2, 0.25) is 0 Å². The van der Waals surface area contributed by atoms with E-state index in [0.717, 1.165) is 5.56 Å². The fourth-order valence-electron chi connectivity index (χ4n) is 1.49. The lowest BCUT2D eigenvalue weighted by molar-refractivity contribution is 1.58. The summed E-state index contributed by atoms with van der Waals surface area (Å²) in [6, 6.07) is 18.3. The molecular weight excluding hydrogens is 182 g/mol. The standard InChI is InChI=1S/C14H11N/c15-11-10-12-6-8-14(9-7-12)13-4-2-1-3-5-13/h1-10,15H. The summed E-state index contributed by atoms with van der Waals surface area (Å²) in [5, 5.41) is 6.85. The Balaban J connectivity index is 2.36. The average molecular weight is 193 g/mol. The van der Waals surface area contributed by atoms with Crippen LogP contribution in [0.5, 0.6) is 0 Å². The third-order valence-corrected chi connectivity index (χ3v) is 2.26. The molecule has 1 N–H and O–H groups in total. The summed E-state index contributed by atoms with van der Waals surface area (Å²) >= 11 is 0. The van der Waals surface area contributed by atoms with Crippen molar-refractivity contribution in [3.8, 4) is 11.1 Å². The van der Waals surface area contributed by atoms with Gasteiger partial charge in [-0.3, -0.25) is 5.41 Å². The predicted molar refractivity (Wildman–Crippen MR) is 64.1 cm³/mol. The molecule has 2 aromatic carbocycles. The van der Waals surface area contributed by atoms with Crippen LogP contribution in [-0.4, -0.2) is 5.87 Å². The lowest BCUT2D eigenvalue weighted by Gasteiger charge is -2.00. The second-order valence-corrected chi connectivity index (χ2v) is 3.28. The molecule has 72 valence electrons. The summed E-state index contributed by atoms with van der Waals surface area (Å²) in [4.78, 5) is 0. The molecule has 2 rings (SSSR count). The van der Waals surface area contributed by atoms with Gasteiger partial charge in [-0.15, -0.1) is 0 Å². The molecule has 0 saturated carbocycles. The Morgan fingerprint density at radius 3 is 2.00 bits per heavy atom. The summed E-state index contributed by atoms with van der Waals surface area (Å²) < 4.78 is 0. The second-order valence-electron chi connectivity index (χ2n) is 3.28. The van der Waals surface area contributed by atoms with Crippen LogP contribution >= 0.6 is 0 Å². The Labute approximate surface area is 89.2 Å². The van der Waals surface area contributed by atoms with Gasteiger partial charge in [-0.2, -0.15) is 0 Å². The average Bonchev–Trinajstić information content (AvgIpc) is 2.32. The van der Waals surface area contributed by atoms with Crippen molar-refractivity contribution in [3.05, 3.63) is 60.2 Å². The Kier molecular flexibility index (Phi) is 2.77. The fraction of sp³-hybridized carbons (Fsp3) is 0. The van der Waals surface area contributed by atoms with Crippen molar-refractivity contribution in [3.63, 3.8) is 0 Å². The van der Waals surface area contributed by atoms with Crippen molar-refractivity contribution in [2.45, 2.75) is 0 Å². The monoisotopic (exact) mass is 193 g/mol. The highest BCUT2D eigenvalue weighted by atomic mass is 14.3. The number of hydrogen-bond acceptors (Lipinski definition) is 1. The Morgan fingerprint density at radius 2 is 1.40 bits per heavy atom. The molecule has 0 bridgehead atoms. The van der Waals surface area contributed by atoms with Crippen LogP contribution in [0.25, 0.3) is 17.2 Å². The first-order valence-electron chi connectivity index (χ1n) is 4.81.